The molecule has 3 aromatic rings. The molecule has 0 fully saturated rings. The number of carbonyl (C=O) groups is 1. The van der Waals surface area contributed by atoms with E-state index in [4.69, 9.17) is 9.47 Å². The first kappa shape index (κ1) is 15.5. The molecule has 2 amide bonds. The van der Waals surface area contributed by atoms with Crippen LogP contribution in [0.25, 0.3) is 11.3 Å². The molecule has 0 aliphatic carbocycles. The number of benzene rings is 2. The van der Waals surface area contributed by atoms with Crippen molar-refractivity contribution in [3.8, 4) is 22.8 Å². The Morgan fingerprint density at radius 2 is 1.76 bits per heavy atom. The summed E-state index contributed by atoms with van der Waals surface area (Å²) < 4.78 is 10.5. The quantitative estimate of drug-likeness (QED) is 0.728. The van der Waals surface area contributed by atoms with Crippen LogP contribution in [0.1, 0.15) is 5.01 Å². The fourth-order valence-electron chi connectivity index (χ4n) is 2.49. The lowest BCUT2D eigenvalue weighted by Crippen LogP contribution is -2.19. The number of thiazole rings is 1. The van der Waals surface area contributed by atoms with Crippen molar-refractivity contribution >= 4 is 28.7 Å². The minimum absolute atomic E-state index is 0.204. The van der Waals surface area contributed by atoms with Gasteiger partial charge in [-0.1, -0.05) is 12.1 Å². The maximum Gasteiger partial charge on any atom is 0.323 e. The van der Waals surface area contributed by atoms with Gasteiger partial charge in [-0.05, 0) is 31.2 Å². The molecule has 7 heteroatoms. The lowest BCUT2D eigenvalue weighted by Gasteiger charge is -2.08. The number of anilines is 2. The molecule has 2 heterocycles. The van der Waals surface area contributed by atoms with Gasteiger partial charge >= 0.3 is 6.03 Å². The second kappa shape index (κ2) is 6.45. The molecule has 0 spiro atoms. The Balaban J connectivity index is 1.40. The first-order valence-corrected chi connectivity index (χ1v) is 8.55. The minimum Gasteiger partial charge on any atom is -0.454 e. The second-order valence-corrected chi connectivity index (χ2v) is 6.54. The first-order valence-electron chi connectivity index (χ1n) is 7.67. The molecule has 2 aromatic carbocycles. The van der Waals surface area contributed by atoms with Crippen LogP contribution in [0.5, 0.6) is 11.5 Å². The number of fused-ring (bicyclic) bond motifs is 1. The van der Waals surface area contributed by atoms with E-state index >= 15 is 0 Å². The molecule has 0 unspecified atom stereocenters. The van der Waals surface area contributed by atoms with Crippen molar-refractivity contribution in [1.82, 2.24) is 4.98 Å². The first-order chi connectivity index (χ1) is 12.2. The smallest absolute Gasteiger partial charge is 0.323 e. The number of rotatable bonds is 3. The van der Waals surface area contributed by atoms with Gasteiger partial charge in [-0.25, -0.2) is 9.78 Å². The number of carbonyl (C=O) groups excluding carboxylic acids is 1. The fraction of sp³-hybridized carbons (Fsp3) is 0.111. The van der Waals surface area contributed by atoms with Gasteiger partial charge in [0.2, 0.25) is 6.79 Å². The summed E-state index contributed by atoms with van der Waals surface area (Å²) in [6.07, 6.45) is 0. The van der Waals surface area contributed by atoms with Gasteiger partial charge in [0, 0.05) is 28.4 Å². The number of aromatic nitrogens is 1. The van der Waals surface area contributed by atoms with Crippen LogP contribution >= 0.6 is 11.3 Å². The Hall–Kier alpha value is -3.06. The molecule has 4 rings (SSSR count). The monoisotopic (exact) mass is 353 g/mol. The average molecular weight is 353 g/mol. The number of hydrogen-bond acceptors (Lipinski definition) is 5. The Morgan fingerprint density at radius 1 is 1.04 bits per heavy atom. The van der Waals surface area contributed by atoms with Gasteiger partial charge in [0.15, 0.2) is 11.5 Å². The number of hydrogen-bond donors (Lipinski definition) is 2. The van der Waals surface area contributed by atoms with E-state index in [1.165, 1.54) is 0 Å². The van der Waals surface area contributed by atoms with E-state index in [1.807, 2.05) is 36.6 Å². The van der Waals surface area contributed by atoms with E-state index in [1.54, 1.807) is 29.5 Å². The molecule has 2 N–H and O–H groups in total. The van der Waals surface area contributed by atoms with Gasteiger partial charge in [0.25, 0.3) is 0 Å². The van der Waals surface area contributed by atoms with Gasteiger partial charge in [-0.3, -0.25) is 0 Å². The van der Waals surface area contributed by atoms with Gasteiger partial charge < -0.3 is 20.1 Å². The normalized spacial score (nSPS) is 12.0. The molecule has 0 bridgehead atoms. The summed E-state index contributed by atoms with van der Waals surface area (Å²) in [5.74, 6) is 1.31. The van der Waals surface area contributed by atoms with Crippen molar-refractivity contribution in [2.75, 3.05) is 17.4 Å². The van der Waals surface area contributed by atoms with Crippen LogP contribution < -0.4 is 20.1 Å². The lowest BCUT2D eigenvalue weighted by atomic mass is 10.1. The zero-order valence-electron chi connectivity index (χ0n) is 13.4. The van der Waals surface area contributed by atoms with Crippen LogP contribution in [-0.2, 0) is 0 Å². The van der Waals surface area contributed by atoms with Crippen LogP contribution in [0.3, 0.4) is 0 Å². The highest BCUT2D eigenvalue weighted by Gasteiger charge is 2.14. The minimum atomic E-state index is -0.323. The van der Waals surface area contributed by atoms with E-state index in [-0.39, 0.29) is 12.8 Å². The molecule has 0 radical (unpaired) electrons. The second-order valence-electron chi connectivity index (χ2n) is 5.48. The average Bonchev–Trinajstić information content (AvgIpc) is 3.24. The van der Waals surface area contributed by atoms with Crippen LogP contribution in [0.2, 0.25) is 0 Å². The van der Waals surface area contributed by atoms with Gasteiger partial charge in [0.1, 0.15) is 0 Å². The summed E-state index contributed by atoms with van der Waals surface area (Å²) >= 11 is 1.61. The van der Waals surface area contributed by atoms with E-state index in [9.17, 15) is 4.79 Å². The Kier molecular flexibility index (Phi) is 3.99. The van der Waals surface area contributed by atoms with E-state index < -0.39 is 0 Å². The summed E-state index contributed by atoms with van der Waals surface area (Å²) in [5, 5.41) is 8.62. The highest BCUT2D eigenvalue weighted by molar-refractivity contribution is 7.09. The van der Waals surface area contributed by atoms with E-state index in [2.05, 4.69) is 15.6 Å². The van der Waals surface area contributed by atoms with Crippen LogP contribution in [-0.4, -0.2) is 17.8 Å². The number of amides is 2. The third-order valence-electron chi connectivity index (χ3n) is 3.69. The largest absolute Gasteiger partial charge is 0.454 e. The van der Waals surface area contributed by atoms with Crippen molar-refractivity contribution in [3.63, 3.8) is 0 Å². The maximum atomic E-state index is 12.1. The number of nitrogens with one attached hydrogen (secondary N) is 2. The molecule has 1 aromatic heterocycles. The number of ether oxygens (including phenoxy) is 2. The van der Waals surface area contributed by atoms with Gasteiger partial charge in [-0.2, -0.15) is 0 Å². The summed E-state index contributed by atoms with van der Waals surface area (Å²) in [6, 6.07) is 12.5. The molecule has 1 aliphatic rings. The third-order valence-corrected chi connectivity index (χ3v) is 4.46. The van der Waals surface area contributed by atoms with Gasteiger partial charge in [0.05, 0.1) is 10.7 Å². The fourth-order valence-corrected chi connectivity index (χ4v) is 3.11. The SMILES string of the molecule is Cc1nc(-c2ccc(NC(=O)Nc3ccc4c(c3)OCO4)cc2)cs1. The Bertz CT molecular complexity index is 922. The predicted molar refractivity (Wildman–Crippen MR) is 97.5 cm³/mol. The molecule has 0 atom stereocenters. The zero-order chi connectivity index (χ0) is 17.2. The highest BCUT2D eigenvalue weighted by Crippen LogP contribution is 2.34. The molecule has 0 saturated carbocycles. The van der Waals surface area contributed by atoms with Crippen LogP contribution in [0.15, 0.2) is 47.8 Å². The van der Waals surface area contributed by atoms with Crippen molar-refractivity contribution in [3.05, 3.63) is 52.9 Å². The summed E-state index contributed by atoms with van der Waals surface area (Å²) in [5.41, 5.74) is 3.30. The Morgan fingerprint density at radius 3 is 2.52 bits per heavy atom. The summed E-state index contributed by atoms with van der Waals surface area (Å²) in [6.45, 7) is 2.18. The maximum absolute atomic E-state index is 12.1. The van der Waals surface area contributed by atoms with Crippen molar-refractivity contribution < 1.29 is 14.3 Å². The van der Waals surface area contributed by atoms with Crippen LogP contribution in [0, 0.1) is 6.92 Å². The van der Waals surface area contributed by atoms with Crippen LogP contribution in [0.4, 0.5) is 16.2 Å². The summed E-state index contributed by atoms with van der Waals surface area (Å²) in [7, 11) is 0. The van der Waals surface area contributed by atoms with Crippen molar-refractivity contribution in [1.29, 1.82) is 0 Å². The number of nitrogens with zero attached hydrogens (tertiary/aromatic N) is 1. The van der Waals surface area contributed by atoms with Crippen molar-refractivity contribution in [2.24, 2.45) is 0 Å². The Labute approximate surface area is 148 Å². The third kappa shape index (κ3) is 3.41. The highest BCUT2D eigenvalue weighted by atomic mass is 32.1. The number of aryl methyl sites for hydroxylation is 1. The molecular weight excluding hydrogens is 338 g/mol. The lowest BCUT2D eigenvalue weighted by molar-refractivity contribution is 0.174. The molecular formula is C18H15N3O3S. The van der Waals surface area contributed by atoms with Crippen molar-refractivity contribution in [2.45, 2.75) is 6.92 Å². The zero-order valence-corrected chi connectivity index (χ0v) is 14.2. The van der Waals surface area contributed by atoms with Gasteiger partial charge in [-0.15, -0.1) is 11.3 Å². The standard InChI is InChI=1S/C18H15N3O3S/c1-11-19-15(9-25-11)12-2-4-13(5-3-12)20-18(22)21-14-6-7-16-17(8-14)24-10-23-16/h2-9H,10H2,1H3,(H2,20,21,22). The topological polar surface area (TPSA) is 72.5 Å². The molecule has 6 nitrogen and oxygen atoms in total. The van der Waals surface area contributed by atoms with E-state index in [0.29, 0.717) is 22.9 Å². The summed E-state index contributed by atoms with van der Waals surface area (Å²) in [4.78, 5) is 16.6. The molecule has 1 aliphatic heterocycles. The molecule has 25 heavy (non-hydrogen) atoms. The molecule has 0 saturated heterocycles. The van der Waals surface area contributed by atoms with E-state index in [0.717, 1.165) is 16.3 Å². The molecule has 126 valence electrons. The number of urea groups is 1. The predicted octanol–water partition coefficient (Wildman–Crippen LogP) is 4.49.